The molecule has 106 valence electrons. The Balaban J connectivity index is 2.13. The van der Waals surface area contributed by atoms with Gasteiger partial charge < -0.3 is 13.5 Å². The highest BCUT2D eigenvalue weighted by molar-refractivity contribution is 7.61. The molecule has 0 radical (unpaired) electrons. The molecule has 5 nitrogen and oxygen atoms in total. The second kappa shape index (κ2) is 6.04. The van der Waals surface area contributed by atoms with Gasteiger partial charge in [0.25, 0.3) is 0 Å². The summed E-state index contributed by atoms with van der Waals surface area (Å²) in [6, 6.07) is 3.05. The Labute approximate surface area is 112 Å². The normalized spacial score (nSPS) is 15.7. The Bertz CT molecular complexity index is 479. The van der Waals surface area contributed by atoms with Gasteiger partial charge in [-0.3, -0.25) is 9.36 Å². The molecule has 6 heteroatoms. The average molecular weight is 286 g/mol. The molecule has 19 heavy (non-hydrogen) atoms. The molecule has 1 saturated carbocycles. The molecule has 0 spiro atoms. The summed E-state index contributed by atoms with van der Waals surface area (Å²) in [6.07, 6.45) is 2.71. The summed E-state index contributed by atoms with van der Waals surface area (Å²) in [7, 11) is -3.43. The molecule has 0 unspecified atom stereocenters. The first-order chi connectivity index (χ1) is 9.09. The van der Waals surface area contributed by atoms with Crippen molar-refractivity contribution >= 4 is 18.9 Å². The third kappa shape index (κ3) is 3.56. The highest BCUT2D eigenvalue weighted by Gasteiger charge is 2.32. The predicted molar refractivity (Wildman–Crippen MR) is 70.9 cm³/mol. The van der Waals surface area contributed by atoms with E-state index in [0.29, 0.717) is 12.3 Å². The minimum atomic E-state index is -3.43. The van der Waals surface area contributed by atoms with Crippen LogP contribution in [0.3, 0.4) is 0 Å². The van der Waals surface area contributed by atoms with Gasteiger partial charge in [0.2, 0.25) is 5.50 Å². The summed E-state index contributed by atoms with van der Waals surface area (Å²) in [5, 5.41) is 0. The number of ketones is 1. The Hall–Kier alpha value is -0.900. The predicted octanol–water partition coefficient (Wildman–Crippen LogP) is 3.15. The van der Waals surface area contributed by atoms with Crippen LogP contribution in [0.2, 0.25) is 0 Å². The Kier molecular flexibility index (Phi) is 4.61. The first-order valence-corrected chi connectivity index (χ1v) is 8.16. The number of rotatable bonds is 8. The molecule has 1 heterocycles. The number of Topliss-reactive ketones (excluding diaryl/α,β-unsaturated/α-hetero) is 1. The molecule has 1 aromatic heterocycles. The van der Waals surface area contributed by atoms with Crippen LogP contribution in [0.4, 0.5) is 0 Å². The number of carbonyl (C=O) groups excluding carboxylic acids is 1. The minimum absolute atomic E-state index is 0.0479. The van der Waals surface area contributed by atoms with Gasteiger partial charge in [-0.1, -0.05) is 0 Å². The zero-order valence-electron chi connectivity index (χ0n) is 11.3. The van der Waals surface area contributed by atoms with E-state index in [-0.39, 0.29) is 30.3 Å². The van der Waals surface area contributed by atoms with E-state index in [0.717, 1.165) is 12.8 Å². The highest BCUT2D eigenvalue weighted by Crippen LogP contribution is 2.47. The summed E-state index contributed by atoms with van der Waals surface area (Å²) in [4.78, 5) is 11.9. The van der Waals surface area contributed by atoms with Crippen LogP contribution in [0, 0.1) is 5.92 Å². The molecule has 0 aliphatic heterocycles. The molecule has 1 fully saturated rings. The van der Waals surface area contributed by atoms with E-state index in [1.807, 2.05) is 0 Å². The van der Waals surface area contributed by atoms with Crippen molar-refractivity contribution in [3.05, 3.63) is 17.9 Å². The topological polar surface area (TPSA) is 65.7 Å². The molecule has 0 aromatic carbocycles. The number of furan rings is 1. The highest BCUT2D eigenvalue weighted by atomic mass is 31.2. The van der Waals surface area contributed by atoms with Crippen LogP contribution in [-0.2, 0) is 13.6 Å². The molecule has 0 amide bonds. The Morgan fingerprint density at radius 3 is 2.47 bits per heavy atom. The number of hydrogen-bond donors (Lipinski definition) is 0. The van der Waals surface area contributed by atoms with Crippen molar-refractivity contribution in [2.24, 2.45) is 5.92 Å². The lowest BCUT2D eigenvalue weighted by molar-refractivity contribution is 0.0950. The van der Waals surface area contributed by atoms with Crippen LogP contribution >= 0.6 is 7.60 Å². The second-order valence-corrected chi connectivity index (χ2v) is 6.49. The molecule has 0 N–H and O–H groups in total. The van der Waals surface area contributed by atoms with Crippen molar-refractivity contribution < 1.29 is 22.8 Å². The van der Waals surface area contributed by atoms with Gasteiger partial charge in [-0.15, -0.1) is 0 Å². The van der Waals surface area contributed by atoms with Crippen molar-refractivity contribution in [1.82, 2.24) is 0 Å². The van der Waals surface area contributed by atoms with E-state index in [4.69, 9.17) is 13.5 Å². The van der Waals surface area contributed by atoms with Crippen LogP contribution in [0.5, 0.6) is 0 Å². The SMILES string of the molecule is CCOP(=O)(OCC)c1ccc(C(=O)CC2CC2)o1. The maximum atomic E-state index is 12.4. The fourth-order valence-electron chi connectivity index (χ4n) is 1.81. The summed E-state index contributed by atoms with van der Waals surface area (Å²) >= 11 is 0. The van der Waals surface area contributed by atoms with Gasteiger partial charge in [-0.2, -0.15) is 0 Å². The standard InChI is InChI=1S/C13H19O5P/c1-3-16-19(15,17-4-2)13-8-7-12(18-13)11(14)9-10-5-6-10/h7-8,10H,3-6,9H2,1-2H3. The lowest BCUT2D eigenvalue weighted by Crippen LogP contribution is -2.09. The first kappa shape index (κ1) is 14.5. The second-order valence-electron chi connectivity index (χ2n) is 4.54. The van der Waals surface area contributed by atoms with Gasteiger partial charge in [0, 0.05) is 6.42 Å². The molecule has 1 aliphatic carbocycles. The molecular formula is C13H19O5P. The summed E-state index contributed by atoms with van der Waals surface area (Å²) < 4.78 is 28.2. The quantitative estimate of drug-likeness (QED) is 0.542. The van der Waals surface area contributed by atoms with Crippen molar-refractivity contribution in [2.45, 2.75) is 33.1 Å². The minimum Gasteiger partial charge on any atom is -0.445 e. The zero-order valence-corrected chi connectivity index (χ0v) is 12.2. The zero-order chi connectivity index (χ0) is 13.9. The van der Waals surface area contributed by atoms with E-state index >= 15 is 0 Å². The van der Waals surface area contributed by atoms with Crippen molar-refractivity contribution in [3.63, 3.8) is 0 Å². The molecular weight excluding hydrogens is 267 g/mol. The fourth-order valence-corrected chi connectivity index (χ4v) is 3.29. The van der Waals surface area contributed by atoms with Crippen molar-refractivity contribution in [3.8, 4) is 0 Å². The van der Waals surface area contributed by atoms with E-state index in [1.54, 1.807) is 19.9 Å². The lowest BCUT2D eigenvalue weighted by atomic mass is 10.2. The Morgan fingerprint density at radius 1 is 1.32 bits per heavy atom. The monoisotopic (exact) mass is 286 g/mol. The van der Waals surface area contributed by atoms with Crippen LogP contribution in [0.15, 0.2) is 16.5 Å². The van der Waals surface area contributed by atoms with Crippen LogP contribution in [0.1, 0.15) is 43.7 Å². The van der Waals surface area contributed by atoms with Crippen LogP contribution in [-0.4, -0.2) is 19.0 Å². The average Bonchev–Trinajstić information content (AvgIpc) is 3.03. The van der Waals surface area contributed by atoms with E-state index in [2.05, 4.69) is 0 Å². The van der Waals surface area contributed by atoms with Crippen molar-refractivity contribution in [1.29, 1.82) is 0 Å². The molecule has 0 atom stereocenters. The van der Waals surface area contributed by atoms with E-state index in [9.17, 15) is 9.36 Å². The smallest absolute Gasteiger partial charge is 0.396 e. The summed E-state index contributed by atoms with van der Waals surface area (Å²) in [5.41, 5.74) is 0.107. The van der Waals surface area contributed by atoms with Gasteiger partial charge in [-0.25, -0.2) is 0 Å². The molecule has 0 saturated heterocycles. The molecule has 2 rings (SSSR count). The van der Waals surface area contributed by atoms with Gasteiger partial charge in [0.15, 0.2) is 11.5 Å². The van der Waals surface area contributed by atoms with Gasteiger partial charge in [0.1, 0.15) is 0 Å². The third-order valence-electron chi connectivity index (χ3n) is 2.91. The van der Waals surface area contributed by atoms with E-state index in [1.165, 1.54) is 6.07 Å². The molecule has 1 aromatic rings. The fraction of sp³-hybridized carbons (Fsp3) is 0.615. The lowest BCUT2D eigenvalue weighted by Gasteiger charge is -2.13. The van der Waals surface area contributed by atoms with Crippen LogP contribution in [0.25, 0.3) is 0 Å². The van der Waals surface area contributed by atoms with Gasteiger partial charge >= 0.3 is 7.60 Å². The largest absolute Gasteiger partial charge is 0.445 e. The third-order valence-corrected chi connectivity index (χ3v) is 4.88. The first-order valence-electron chi connectivity index (χ1n) is 6.61. The molecule has 1 aliphatic rings. The maximum absolute atomic E-state index is 12.4. The summed E-state index contributed by atoms with van der Waals surface area (Å²) in [5.74, 6) is 0.682. The molecule has 0 bridgehead atoms. The number of hydrogen-bond acceptors (Lipinski definition) is 5. The van der Waals surface area contributed by atoms with Gasteiger partial charge in [0.05, 0.1) is 13.2 Å². The van der Waals surface area contributed by atoms with Gasteiger partial charge in [-0.05, 0) is 44.7 Å². The maximum Gasteiger partial charge on any atom is 0.396 e. The van der Waals surface area contributed by atoms with Crippen molar-refractivity contribution in [2.75, 3.05) is 13.2 Å². The summed E-state index contributed by atoms with van der Waals surface area (Å²) in [6.45, 7) is 3.97. The van der Waals surface area contributed by atoms with E-state index < -0.39 is 7.60 Å². The number of carbonyl (C=O) groups is 1. The Morgan fingerprint density at radius 2 is 1.95 bits per heavy atom. The van der Waals surface area contributed by atoms with Crippen LogP contribution < -0.4 is 5.50 Å².